The van der Waals surface area contributed by atoms with Crippen molar-refractivity contribution < 1.29 is 22.7 Å². The lowest BCUT2D eigenvalue weighted by molar-refractivity contribution is -0.169. The Bertz CT molecular complexity index is 619. The van der Waals surface area contributed by atoms with Gasteiger partial charge >= 0.3 is 12.1 Å². The van der Waals surface area contributed by atoms with Crippen LogP contribution in [0, 0.1) is 5.92 Å². The number of rotatable bonds is 5. The fourth-order valence-corrected chi connectivity index (χ4v) is 2.75. The van der Waals surface area contributed by atoms with Gasteiger partial charge < -0.3 is 15.8 Å². The molecule has 9 heteroatoms. The third kappa shape index (κ3) is 7.85. The normalized spacial score (nSPS) is 15.0. The van der Waals surface area contributed by atoms with Crippen LogP contribution in [0.25, 0.3) is 0 Å². The van der Waals surface area contributed by atoms with E-state index in [4.69, 9.17) is 32.7 Å². The molecule has 1 aromatic carbocycles. The molecule has 1 heterocycles. The number of primary amides is 1. The average molecular weight is 413 g/mol. The lowest BCUT2D eigenvalue weighted by Gasteiger charge is -2.23. The highest BCUT2D eigenvalue weighted by Gasteiger charge is 2.35. The molecule has 1 aromatic rings. The summed E-state index contributed by atoms with van der Waals surface area (Å²) in [5, 5.41) is 4.51. The Morgan fingerprint density at radius 2 is 1.85 bits per heavy atom. The Morgan fingerprint density at radius 1 is 1.31 bits per heavy atom. The molecule has 0 unspecified atom stereocenters. The summed E-state index contributed by atoms with van der Waals surface area (Å²) in [5.41, 5.74) is 4.95. The summed E-state index contributed by atoms with van der Waals surface area (Å²) in [6.45, 7) is 6.34. The lowest BCUT2D eigenvalue weighted by atomic mass is 9.90. The molecule has 1 aliphatic heterocycles. The maximum absolute atomic E-state index is 10.7. The highest BCUT2D eigenvalue weighted by atomic mass is 35.5. The van der Waals surface area contributed by atoms with Crippen molar-refractivity contribution in [1.82, 2.24) is 5.32 Å². The van der Waals surface area contributed by atoms with Gasteiger partial charge in [-0.3, -0.25) is 4.79 Å². The number of piperidine rings is 1. The van der Waals surface area contributed by atoms with Crippen LogP contribution >= 0.6 is 23.2 Å². The smallest absolute Gasteiger partial charge is 0.470 e. The number of nitrogens with two attached hydrogens (primary N) is 1. The van der Waals surface area contributed by atoms with Gasteiger partial charge in [0.1, 0.15) is 12.4 Å². The van der Waals surface area contributed by atoms with Crippen LogP contribution in [0.2, 0.25) is 10.0 Å². The number of nitrogens with one attached hydrogen (secondary N) is 1. The molecule has 1 saturated heterocycles. The number of halogens is 5. The highest BCUT2D eigenvalue weighted by Crippen LogP contribution is 2.33. The standard InChI is InChI=1S/C15H19Cl2NO.C2H2F3NO/c1-2-7-19-15-10-14(17)13(16)9-12(15)8-11-3-5-18-6-4-11;3-2(4,5)1(6)7/h2,9-11,18H,1,3-8H2;(H2,6,7). The maximum atomic E-state index is 10.7. The van der Waals surface area contributed by atoms with Crippen LogP contribution < -0.4 is 15.8 Å². The van der Waals surface area contributed by atoms with Crippen molar-refractivity contribution in [2.75, 3.05) is 19.7 Å². The Balaban J connectivity index is 0.000000412. The van der Waals surface area contributed by atoms with Crippen molar-refractivity contribution >= 4 is 29.1 Å². The van der Waals surface area contributed by atoms with E-state index in [0.29, 0.717) is 22.6 Å². The molecule has 0 aliphatic carbocycles. The van der Waals surface area contributed by atoms with E-state index in [9.17, 15) is 13.2 Å². The minimum atomic E-state index is -4.86. The minimum absolute atomic E-state index is 0.483. The van der Waals surface area contributed by atoms with E-state index >= 15 is 0 Å². The molecule has 2 rings (SSSR count). The molecule has 146 valence electrons. The number of carbonyl (C=O) groups excluding carboxylic acids is 1. The van der Waals surface area contributed by atoms with Gasteiger partial charge in [-0.15, -0.1) is 0 Å². The zero-order valence-corrected chi connectivity index (χ0v) is 15.6. The molecular formula is C17H21Cl2F3N2O2. The fraction of sp³-hybridized carbons (Fsp3) is 0.471. The van der Waals surface area contributed by atoms with Crippen molar-refractivity contribution in [3.63, 3.8) is 0 Å². The number of ether oxygens (including phenoxy) is 1. The first-order chi connectivity index (χ1) is 12.1. The number of alkyl halides is 3. The summed E-state index contributed by atoms with van der Waals surface area (Å²) < 4.78 is 37.8. The molecule has 4 nitrogen and oxygen atoms in total. The minimum Gasteiger partial charge on any atom is -0.489 e. The predicted octanol–water partition coefficient (Wildman–Crippen LogP) is 4.13. The van der Waals surface area contributed by atoms with Gasteiger partial charge in [0.05, 0.1) is 10.0 Å². The first kappa shape index (κ1) is 22.6. The topological polar surface area (TPSA) is 64.3 Å². The molecule has 1 amide bonds. The molecule has 26 heavy (non-hydrogen) atoms. The van der Waals surface area contributed by atoms with E-state index < -0.39 is 12.1 Å². The molecule has 0 bridgehead atoms. The van der Waals surface area contributed by atoms with Gasteiger partial charge in [-0.25, -0.2) is 0 Å². The average Bonchev–Trinajstić information content (AvgIpc) is 2.57. The van der Waals surface area contributed by atoms with Crippen LogP contribution in [-0.2, 0) is 11.2 Å². The maximum Gasteiger partial charge on any atom is 0.470 e. The number of hydrogen-bond acceptors (Lipinski definition) is 3. The number of benzene rings is 1. The van der Waals surface area contributed by atoms with Crippen molar-refractivity contribution in [1.29, 1.82) is 0 Å². The van der Waals surface area contributed by atoms with E-state index in [2.05, 4.69) is 17.6 Å². The van der Waals surface area contributed by atoms with Gasteiger partial charge in [0.2, 0.25) is 0 Å². The second-order valence-corrected chi connectivity index (χ2v) is 6.55. The van der Waals surface area contributed by atoms with Crippen molar-refractivity contribution in [2.24, 2.45) is 11.7 Å². The second-order valence-electron chi connectivity index (χ2n) is 5.73. The monoisotopic (exact) mass is 412 g/mol. The molecule has 0 radical (unpaired) electrons. The largest absolute Gasteiger partial charge is 0.489 e. The zero-order valence-electron chi connectivity index (χ0n) is 14.0. The Morgan fingerprint density at radius 3 is 2.35 bits per heavy atom. The van der Waals surface area contributed by atoms with Crippen LogP contribution in [0.3, 0.4) is 0 Å². The first-order valence-corrected chi connectivity index (χ1v) is 8.69. The van der Waals surface area contributed by atoms with Crippen LogP contribution in [0.1, 0.15) is 18.4 Å². The van der Waals surface area contributed by atoms with Gasteiger partial charge in [-0.05, 0) is 49.9 Å². The van der Waals surface area contributed by atoms with Gasteiger partial charge in [0.15, 0.2) is 0 Å². The predicted molar refractivity (Wildman–Crippen MR) is 96.7 cm³/mol. The number of hydrogen-bond donors (Lipinski definition) is 2. The van der Waals surface area contributed by atoms with Crippen molar-refractivity contribution in [2.45, 2.75) is 25.4 Å². The summed E-state index contributed by atoms with van der Waals surface area (Å²) in [6.07, 6.45) is 0.254. The summed E-state index contributed by atoms with van der Waals surface area (Å²) in [7, 11) is 0. The Kier molecular flexibility index (Phi) is 9.25. The molecule has 0 atom stereocenters. The highest BCUT2D eigenvalue weighted by molar-refractivity contribution is 6.42. The third-order valence-corrected chi connectivity index (χ3v) is 4.43. The van der Waals surface area contributed by atoms with Crippen LogP contribution in [0.5, 0.6) is 5.75 Å². The first-order valence-electron chi connectivity index (χ1n) is 7.94. The summed E-state index contributed by atoms with van der Waals surface area (Å²) >= 11 is 12.2. The quantitative estimate of drug-likeness (QED) is 0.714. The van der Waals surface area contributed by atoms with Crippen molar-refractivity contribution in [3.8, 4) is 5.75 Å². The summed E-state index contributed by atoms with van der Waals surface area (Å²) in [5.74, 6) is -0.745. The van der Waals surface area contributed by atoms with E-state index in [-0.39, 0.29) is 0 Å². The Labute approximate surface area is 160 Å². The lowest BCUT2D eigenvalue weighted by Crippen LogP contribution is -2.30. The van der Waals surface area contributed by atoms with Crippen molar-refractivity contribution in [3.05, 3.63) is 40.4 Å². The van der Waals surface area contributed by atoms with E-state index in [1.807, 2.05) is 12.1 Å². The van der Waals surface area contributed by atoms with E-state index in [0.717, 1.165) is 30.8 Å². The van der Waals surface area contributed by atoms with Gasteiger partial charge in [-0.2, -0.15) is 13.2 Å². The van der Waals surface area contributed by atoms with Gasteiger partial charge in [0, 0.05) is 6.07 Å². The SMILES string of the molecule is C=CCOc1cc(Cl)c(Cl)cc1CC1CCNCC1.NC(=O)C(F)(F)F. The number of amides is 1. The van der Waals surface area contributed by atoms with Crippen LogP contribution in [0.15, 0.2) is 24.8 Å². The summed E-state index contributed by atoms with van der Waals surface area (Å²) in [4.78, 5) is 9.12. The van der Waals surface area contributed by atoms with E-state index in [1.54, 1.807) is 6.08 Å². The fourth-order valence-electron chi connectivity index (χ4n) is 2.41. The van der Waals surface area contributed by atoms with Crippen LogP contribution in [-0.4, -0.2) is 31.8 Å². The second kappa shape index (κ2) is 10.6. The summed E-state index contributed by atoms with van der Waals surface area (Å²) in [6, 6.07) is 3.74. The number of carbonyl (C=O) groups is 1. The molecular weight excluding hydrogens is 392 g/mol. The van der Waals surface area contributed by atoms with Gasteiger partial charge in [-0.1, -0.05) is 35.9 Å². The molecule has 0 saturated carbocycles. The zero-order chi connectivity index (χ0) is 19.7. The Hall–Kier alpha value is -1.44. The third-order valence-electron chi connectivity index (χ3n) is 3.71. The molecule has 1 aliphatic rings. The van der Waals surface area contributed by atoms with E-state index in [1.165, 1.54) is 12.8 Å². The molecule has 1 fully saturated rings. The van der Waals surface area contributed by atoms with Crippen LogP contribution in [0.4, 0.5) is 13.2 Å². The molecule has 3 N–H and O–H groups in total. The van der Waals surface area contributed by atoms with Gasteiger partial charge in [0.25, 0.3) is 0 Å². The molecule has 0 aromatic heterocycles. The molecule has 0 spiro atoms.